The van der Waals surface area contributed by atoms with Crippen LogP contribution in [0.3, 0.4) is 0 Å². The van der Waals surface area contributed by atoms with Gasteiger partial charge in [-0.05, 0) is 30.3 Å². The molecule has 23 heavy (non-hydrogen) atoms. The third kappa shape index (κ3) is 2.12. The molecular formula is C16H14O6S. The van der Waals surface area contributed by atoms with Gasteiger partial charge < -0.3 is 14.2 Å². The Labute approximate surface area is 133 Å². The maximum absolute atomic E-state index is 13.1. The molecule has 2 aromatic carbocycles. The number of ether oxygens (including phenoxy) is 3. The molecule has 0 N–H and O–H groups in total. The van der Waals surface area contributed by atoms with Gasteiger partial charge in [0.25, 0.3) is 9.84 Å². The van der Waals surface area contributed by atoms with Crippen LogP contribution in [0.5, 0.6) is 5.75 Å². The van der Waals surface area contributed by atoms with Crippen LogP contribution in [0.15, 0.2) is 53.4 Å². The van der Waals surface area contributed by atoms with Crippen molar-refractivity contribution in [1.82, 2.24) is 0 Å². The summed E-state index contributed by atoms with van der Waals surface area (Å²) in [6.07, 6.45) is 0. The highest BCUT2D eigenvalue weighted by Gasteiger charge is 2.57. The predicted molar refractivity (Wildman–Crippen MR) is 80.7 cm³/mol. The lowest BCUT2D eigenvalue weighted by atomic mass is 10.1. The van der Waals surface area contributed by atoms with Crippen molar-refractivity contribution in [3.05, 3.63) is 59.7 Å². The van der Waals surface area contributed by atoms with E-state index in [0.29, 0.717) is 5.75 Å². The summed E-state index contributed by atoms with van der Waals surface area (Å²) in [5.74, 6) is -0.365. The second-order valence-corrected chi connectivity index (χ2v) is 6.89. The van der Waals surface area contributed by atoms with E-state index in [4.69, 9.17) is 14.2 Å². The first-order valence-electron chi connectivity index (χ1n) is 6.73. The number of rotatable bonds is 4. The lowest BCUT2D eigenvalue weighted by Gasteiger charge is -2.26. The summed E-state index contributed by atoms with van der Waals surface area (Å²) in [6, 6.07) is 12.1. The van der Waals surface area contributed by atoms with Crippen LogP contribution in [0.1, 0.15) is 15.9 Å². The van der Waals surface area contributed by atoms with Crippen LogP contribution in [0.4, 0.5) is 0 Å². The van der Waals surface area contributed by atoms with Crippen LogP contribution < -0.4 is 4.74 Å². The Kier molecular flexibility index (Phi) is 3.62. The molecule has 0 bridgehead atoms. The Morgan fingerprint density at radius 3 is 2.35 bits per heavy atom. The van der Waals surface area contributed by atoms with Crippen molar-refractivity contribution in [3.63, 3.8) is 0 Å². The lowest BCUT2D eigenvalue weighted by Crippen LogP contribution is -2.38. The lowest BCUT2D eigenvalue weighted by molar-refractivity contribution is -0.120. The van der Waals surface area contributed by atoms with E-state index in [2.05, 4.69) is 0 Å². The summed E-state index contributed by atoms with van der Waals surface area (Å²) < 4.78 is 41.6. The maximum Gasteiger partial charge on any atom is 0.350 e. The van der Waals surface area contributed by atoms with Crippen molar-refractivity contribution in [2.45, 2.75) is 10.0 Å². The fourth-order valence-electron chi connectivity index (χ4n) is 2.53. The zero-order valence-electron chi connectivity index (χ0n) is 12.5. The maximum atomic E-state index is 13.1. The molecule has 1 aliphatic heterocycles. The van der Waals surface area contributed by atoms with Crippen LogP contribution in [-0.4, -0.2) is 28.6 Å². The van der Waals surface area contributed by atoms with Crippen LogP contribution >= 0.6 is 0 Å². The van der Waals surface area contributed by atoms with Crippen LogP contribution in [0, 0.1) is 0 Å². The molecule has 2 aromatic rings. The van der Waals surface area contributed by atoms with E-state index in [0.717, 1.165) is 0 Å². The van der Waals surface area contributed by atoms with E-state index >= 15 is 0 Å². The average molecular weight is 334 g/mol. The SMILES string of the molecule is COc1ccc2c(c1)C(OC)(S(=O)(=O)c1ccccc1)OC2=O. The molecule has 120 valence electrons. The highest BCUT2D eigenvalue weighted by molar-refractivity contribution is 7.92. The first kappa shape index (κ1) is 15.5. The van der Waals surface area contributed by atoms with Gasteiger partial charge in [0.05, 0.1) is 23.1 Å². The number of carbonyl (C=O) groups excluding carboxylic acids is 1. The largest absolute Gasteiger partial charge is 0.497 e. The third-order valence-corrected chi connectivity index (χ3v) is 5.75. The van der Waals surface area contributed by atoms with Crippen molar-refractivity contribution in [3.8, 4) is 5.75 Å². The molecular weight excluding hydrogens is 320 g/mol. The van der Waals surface area contributed by atoms with Gasteiger partial charge in [0, 0.05) is 7.11 Å². The molecule has 0 saturated carbocycles. The number of sulfone groups is 1. The number of hydrogen-bond donors (Lipinski definition) is 0. The second-order valence-electron chi connectivity index (χ2n) is 4.88. The molecule has 7 heteroatoms. The van der Waals surface area contributed by atoms with E-state index in [9.17, 15) is 13.2 Å². The zero-order chi connectivity index (χ0) is 16.7. The number of methoxy groups -OCH3 is 2. The number of carbonyl (C=O) groups is 1. The quantitative estimate of drug-likeness (QED) is 0.797. The first-order chi connectivity index (χ1) is 11.0. The Morgan fingerprint density at radius 2 is 1.74 bits per heavy atom. The summed E-state index contributed by atoms with van der Waals surface area (Å²) in [5.41, 5.74) is 0.236. The van der Waals surface area contributed by atoms with E-state index in [1.807, 2.05) is 0 Å². The van der Waals surface area contributed by atoms with Crippen LogP contribution in [0.25, 0.3) is 0 Å². The minimum Gasteiger partial charge on any atom is -0.497 e. The molecule has 0 radical (unpaired) electrons. The van der Waals surface area contributed by atoms with Gasteiger partial charge in [-0.3, -0.25) is 0 Å². The van der Waals surface area contributed by atoms with E-state index in [1.54, 1.807) is 24.3 Å². The normalized spacial score (nSPS) is 20.0. The smallest absolute Gasteiger partial charge is 0.350 e. The molecule has 1 atom stereocenters. The van der Waals surface area contributed by atoms with Crippen molar-refractivity contribution in [1.29, 1.82) is 0 Å². The number of fused-ring (bicyclic) bond motifs is 1. The van der Waals surface area contributed by atoms with Crippen LogP contribution in [0.2, 0.25) is 0 Å². The Balaban J connectivity index is 2.27. The summed E-state index contributed by atoms with van der Waals surface area (Å²) in [7, 11) is -1.52. The molecule has 0 spiro atoms. The van der Waals surface area contributed by atoms with Gasteiger partial charge >= 0.3 is 11.1 Å². The topological polar surface area (TPSA) is 78.9 Å². The predicted octanol–water partition coefficient (Wildman–Crippen LogP) is 2.10. The summed E-state index contributed by atoms with van der Waals surface area (Å²) >= 11 is 0. The highest BCUT2D eigenvalue weighted by atomic mass is 32.2. The highest BCUT2D eigenvalue weighted by Crippen LogP contribution is 2.45. The number of esters is 1. The second kappa shape index (κ2) is 5.36. The van der Waals surface area contributed by atoms with Gasteiger partial charge in [0.1, 0.15) is 5.75 Å². The van der Waals surface area contributed by atoms with Gasteiger partial charge in [-0.25, -0.2) is 13.2 Å². The van der Waals surface area contributed by atoms with Crippen LogP contribution in [-0.2, 0) is 24.4 Å². The fraction of sp³-hybridized carbons (Fsp3) is 0.188. The molecule has 6 nitrogen and oxygen atoms in total. The van der Waals surface area contributed by atoms with Crippen molar-refractivity contribution in [2.75, 3.05) is 14.2 Å². The molecule has 1 unspecified atom stereocenters. The summed E-state index contributed by atoms with van der Waals surface area (Å²) in [5, 5.41) is -2.23. The van der Waals surface area contributed by atoms with Gasteiger partial charge in [-0.2, -0.15) is 0 Å². The number of benzene rings is 2. The Bertz CT molecular complexity index is 859. The number of cyclic esters (lactones) is 1. The molecule has 1 aliphatic rings. The molecule has 0 fully saturated rings. The molecule has 1 heterocycles. The minimum absolute atomic E-state index is 0.00896. The number of hydrogen-bond acceptors (Lipinski definition) is 6. The monoisotopic (exact) mass is 334 g/mol. The van der Waals surface area contributed by atoms with Crippen molar-refractivity contribution in [2.24, 2.45) is 0 Å². The van der Waals surface area contributed by atoms with E-state index in [-0.39, 0.29) is 16.0 Å². The van der Waals surface area contributed by atoms with E-state index in [1.165, 1.54) is 38.5 Å². The first-order valence-corrected chi connectivity index (χ1v) is 8.21. The Morgan fingerprint density at radius 1 is 1.04 bits per heavy atom. The molecule has 0 amide bonds. The Hall–Kier alpha value is -2.38. The van der Waals surface area contributed by atoms with Gasteiger partial charge in [0.2, 0.25) is 0 Å². The average Bonchev–Trinajstić information content (AvgIpc) is 2.88. The van der Waals surface area contributed by atoms with Crippen molar-refractivity contribution >= 4 is 15.8 Å². The molecule has 0 aromatic heterocycles. The molecule has 0 aliphatic carbocycles. The van der Waals surface area contributed by atoms with Crippen molar-refractivity contribution < 1.29 is 27.4 Å². The van der Waals surface area contributed by atoms with E-state index < -0.39 is 20.9 Å². The van der Waals surface area contributed by atoms with Gasteiger partial charge in [-0.1, -0.05) is 18.2 Å². The van der Waals surface area contributed by atoms with Gasteiger partial charge in [-0.15, -0.1) is 0 Å². The third-order valence-electron chi connectivity index (χ3n) is 3.68. The summed E-state index contributed by atoms with van der Waals surface area (Å²) in [4.78, 5) is 12.1. The molecule has 0 saturated heterocycles. The fourth-order valence-corrected chi connectivity index (χ4v) is 4.22. The molecule has 3 rings (SSSR count). The standard InChI is InChI=1S/C16H14O6S/c1-20-11-8-9-13-14(10-11)16(21-2,22-15(13)17)23(18,19)12-6-4-3-5-7-12/h3-10H,1-2H3. The minimum atomic E-state index is -4.14. The zero-order valence-corrected chi connectivity index (χ0v) is 13.3. The summed E-state index contributed by atoms with van der Waals surface area (Å²) in [6.45, 7) is 0. The van der Waals surface area contributed by atoms with Gasteiger partial charge in [0.15, 0.2) is 0 Å².